The molecule has 0 radical (unpaired) electrons. The first kappa shape index (κ1) is 79.6. The fourth-order valence-electron chi connectivity index (χ4n) is 15.3. The number of allylic oxidation sites excluding steroid dienone is 6. The molecule has 8 bridgehead atoms. The Balaban J connectivity index is 0.00000270. The number of carbonyl (C=O) groups is 8. The van der Waals surface area contributed by atoms with E-state index in [9.17, 15) is 53.2 Å². The van der Waals surface area contributed by atoms with Crippen molar-refractivity contribution >= 4 is 83.3 Å². The molecule has 1 aromatic carbocycles. The Morgan fingerprint density at radius 2 is 1.35 bits per heavy atom. The summed E-state index contributed by atoms with van der Waals surface area (Å²) in [5.74, 6) is -8.24. The first-order valence-corrected chi connectivity index (χ1v) is 32.9. The number of fused-ring (bicyclic) bond motifs is 7. The summed E-state index contributed by atoms with van der Waals surface area (Å²) in [7, 11) is -5.32. The Morgan fingerprint density at radius 1 is 0.792 bits per heavy atom. The Hall–Kier alpha value is -7.06. The van der Waals surface area contributed by atoms with Crippen molar-refractivity contribution in [3.63, 3.8) is 0 Å². The summed E-state index contributed by atoms with van der Waals surface area (Å²) in [6, 6.07) is 2.65. The zero-order chi connectivity index (χ0) is 70.3. The van der Waals surface area contributed by atoms with Gasteiger partial charge >= 0.3 is 16.8 Å². The van der Waals surface area contributed by atoms with Crippen LogP contribution >= 0.6 is 7.82 Å². The van der Waals surface area contributed by atoms with Crippen molar-refractivity contribution in [2.45, 2.75) is 196 Å². The van der Waals surface area contributed by atoms with Crippen molar-refractivity contribution in [2.75, 3.05) is 13.2 Å². The van der Waals surface area contributed by atoms with Crippen LogP contribution in [0.4, 0.5) is 0 Å². The maximum atomic E-state index is 14.4. The minimum absolute atomic E-state index is 0. The monoisotopic (exact) mass is 1410 g/mol. The van der Waals surface area contributed by atoms with E-state index >= 15 is 0 Å². The second-order valence-electron chi connectivity index (χ2n) is 27.5. The van der Waals surface area contributed by atoms with Gasteiger partial charge in [0.2, 0.25) is 41.4 Å². The number of aliphatic carboxylic acids is 1. The topological polar surface area (TPSA) is 532 Å². The van der Waals surface area contributed by atoms with Gasteiger partial charge in [-0.25, -0.2) is 4.98 Å². The molecular formula is C64H93CoN13O17P. The van der Waals surface area contributed by atoms with E-state index in [4.69, 9.17) is 78.4 Å². The predicted octanol–water partition coefficient (Wildman–Crippen LogP) is 3.23. The maximum Gasteiger partial charge on any atom is 3.00 e. The van der Waals surface area contributed by atoms with Crippen molar-refractivity contribution < 1.29 is 99.2 Å². The number of primary amides is 6. The summed E-state index contributed by atoms with van der Waals surface area (Å²) in [4.78, 5) is 137. The van der Waals surface area contributed by atoms with Crippen LogP contribution in [0, 0.1) is 59.2 Å². The van der Waals surface area contributed by atoms with Crippen LogP contribution in [0.1, 0.15) is 157 Å². The number of phosphoric acid groups is 1. The number of nitrogens with two attached hydrogens (primary N) is 6. The summed E-state index contributed by atoms with van der Waals surface area (Å²) in [5.41, 5.74) is 36.7. The number of hydrogen-bond donors (Lipinski definition) is 10. The molecule has 530 valence electrons. The van der Waals surface area contributed by atoms with E-state index in [1.54, 1.807) is 6.92 Å². The maximum absolute atomic E-state index is 14.4. The number of aliphatic imine (C=N–C) groups is 3. The number of aliphatic hydroxyl groups excluding tert-OH is 2. The number of carboxylic acid groups (broad SMARTS) is 1. The molecule has 2 fully saturated rings. The summed E-state index contributed by atoms with van der Waals surface area (Å²) in [5, 5.41) is 37.5. The van der Waals surface area contributed by atoms with Gasteiger partial charge in [0, 0.05) is 115 Å². The molecule has 0 spiro atoms. The first-order valence-electron chi connectivity index (χ1n) is 31.4. The van der Waals surface area contributed by atoms with Gasteiger partial charge in [0.15, 0.2) is 6.23 Å². The molecule has 0 aliphatic carbocycles. The van der Waals surface area contributed by atoms with Crippen LogP contribution in [0.2, 0.25) is 0 Å². The molecule has 2 saturated heterocycles. The molecule has 30 nitrogen and oxygen atoms in total. The van der Waals surface area contributed by atoms with Crippen LogP contribution in [0.3, 0.4) is 0 Å². The molecule has 0 saturated carbocycles. The number of hydrogen-bond acceptors (Lipinski definition) is 20. The summed E-state index contributed by atoms with van der Waals surface area (Å²) in [6.45, 7) is 20.0. The number of carboxylic acids is 1. The molecule has 32 heteroatoms. The Kier molecular flexibility index (Phi) is 25.2. The molecule has 7 amide bonds. The molecule has 2 unspecified atom stereocenters. The normalized spacial score (nSPS) is 32.3. The van der Waals surface area contributed by atoms with E-state index in [-0.39, 0.29) is 99.4 Å². The molecule has 1 aromatic heterocycles. The van der Waals surface area contributed by atoms with Gasteiger partial charge < -0.3 is 89.1 Å². The molecule has 6 aliphatic rings. The molecule has 6 aliphatic heterocycles. The second kappa shape index (κ2) is 30.4. The number of aromatic nitrogens is 2. The van der Waals surface area contributed by atoms with Crippen LogP contribution in [0.25, 0.3) is 16.4 Å². The first-order chi connectivity index (χ1) is 43.6. The number of benzene rings is 1. The zero-order valence-corrected chi connectivity index (χ0v) is 58.2. The van der Waals surface area contributed by atoms with Crippen LogP contribution in [-0.2, 0) is 73.5 Å². The van der Waals surface area contributed by atoms with Gasteiger partial charge in [0.1, 0.15) is 18.3 Å². The minimum Gasteiger partial charge on any atom is -0.870 e. The van der Waals surface area contributed by atoms with Gasteiger partial charge in [0.25, 0.3) is 13.8 Å². The van der Waals surface area contributed by atoms with Gasteiger partial charge in [0.05, 0.1) is 41.3 Å². The number of ether oxygens (including phenoxy) is 1. The Bertz CT molecular complexity index is 3660. The number of carbonyl (C=O) groups excluding carboxylic acids is 7. The van der Waals surface area contributed by atoms with E-state index in [0.717, 1.165) is 18.1 Å². The standard InChI is InChI=1S/C62H90N13O14P.C2H4O2.Co.H2O/c1-29-20-39-40(21-30(29)2)75(28-70-39)57-52(84)53(41(27-76)87-57)89-90(85,86)88-31(3)26-69-49(83)18-19-59(8)37(22-46(66)80)56-62(11)61(10,25-48(68)82)36(14-17-45(65)79)51(74-62)33(5)55-60(9,24-47(67)81)34(12-15-43(63)77)38(71-55)23-42-58(6,7)35(13-16-44(64)78)50(72-42)32(4)54(59)73-56;1-2(3)4;;/h20-21,23,28,31,34-37,41,52-53,56-57,76,84H,12-19,22,24-27H2,1-11H3,(H15,63,64,65,66,67,68,69,71,72,73,74,77,78,79,80,81,82,83,85,86);1H3,(H,3,4);;1H2/q;;+3;/p-3/t31-,34-,35-,36-,37+,41-,52-,53-,56?,57+,59-,60+,61+,62+;;;/m1.../s1. The van der Waals surface area contributed by atoms with Crippen molar-refractivity contribution in [3.8, 4) is 0 Å². The van der Waals surface area contributed by atoms with Crippen molar-refractivity contribution in [3.05, 3.63) is 69.2 Å². The number of aryl methyl sites for hydroxylation is 2. The average molecular weight is 1410 g/mol. The van der Waals surface area contributed by atoms with Crippen molar-refractivity contribution in [1.29, 1.82) is 0 Å². The van der Waals surface area contributed by atoms with Crippen molar-refractivity contribution in [2.24, 2.45) is 94.7 Å². The summed E-state index contributed by atoms with van der Waals surface area (Å²) in [6.07, 6.45) is -4.79. The fourth-order valence-corrected chi connectivity index (χ4v) is 16.4. The van der Waals surface area contributed by atoms with E-state index in [0.29, 0.717) is 56.4 Å². The second-order valence-corrected chi connectivity index (χ2v) is 28.8. The third-order valence-corrected chi connectivity index (χ3v) is 21.6. The van der Waals surface area contributed by atoms with E-state index in [1.807, 2.05) is 80.5 Å². The fraction of sp³-hybridized carbons (Fsp3) is 0.625. The number of imidazole rings is 1. The number of rotatable bonds is 26. The van der Waals surface area contributed by atoms with Crippen LogP contribution < -0.4 is 44.6 Å². The number of phosphoric ester groups is 1. The molecule has 17 N–H and O–H groups in total. The minimum atomic E-state index is -5.32. The number of nitrogens with one attached hydrogen (secondary N) is 1. The third-order valence-electron chi connectivity index (χ3n) is 20.5. The zero-order valence-electron chi connectivity index (χ0n) is 56.3. The van der Waals surface area contributed by atoms with Gasteiger partial charge in [-0.05, 0) is 119 Å². The van der Waals surface area contributed by atoms with Crippen LogP contribution in [-0.4, -0.2) is 144 Å². The molecular weight excluding hydrogens is 1310 g/mol. The number of nitrogens with zero attached hydrogens (tertiary/aromatic N) is 6. The molecule has 96 heavy (non-hydrogen) atoms. The average Bonchev–Trinajstić information content (AvgIpc) is 1.53. The SMILES string of the molecule is C/C1=C2/[N-]C([C@H](CC(N)=O)[C@@]2(C)CCC(=O)NC[C@@H](C)OP(=O)([O-])O[C@H]2[C@@H](O)[C@@H](n3cnc4cc(C)c(C)cc43)O[C@@H]2CO)[C@]2(C)N=C(/C(C)=C3N=C(/C=C4N=C1[C@@H](CCC(N)=O)C\4(C)C)[C@@H](CCC(N)=O)[C@]\3(C)CC(N)=O)[C@@H](CCC(N)=O)[C@]2(C)CC(N)=O.CC(=O)O.[Co+3].[OH-]. The number of aliphatic hydroxyl groups is 2. The van der Waals surface area contributed by atoms with E-state index in [1.165, 1.54) is 17.8 Å². The van der Waals surface area contributed by atoms with E-state index < -0.39 is 149 Å². The van der Waals surface area contributed by atoms with Crippen molar-refractivity contribution in [1.82, 2.24) is 14.9 Å². The Morgan fingerprint density at radius 3 is 1.91 bits per heavy atom. The van der Waals surface area contributed by atoms with E-state index in [2.05, 4.69) is 10.3 Å². The summed E-state index contributed by atoms with van der Waals surface area (Å²) < 4.78 is 31.9. The largest absolute Gasteiger partial charge is 3.00 e. The van der Waals surface area contributed by atoms with Gasteiger partial charge in [-0.2, -0.15) is 5.70 Å². The molecule has 8 rings (SSSR count). The molecule has 15 atom stereocenters. The Labute approximate surface area is 567 Å². The summed E-state index contributed by atoms with van der Waals surface area (Å²) >= 11 is 0. The quantitative estimate of drug-likeness (QED) is 0.0604. The van der Waals surface area contributed by atoms with Gasteiger partial charge in [-0.1, -0.05) is 40.7 Å². The van der Waals surface area contributed by atoms with Gasteiger partial charge in [-0.3, -0.25) is 57.9 Å². The molecule has 2 aromatic rings. The van der Waals surface area contributed by atoms with Crippen LogP contribution in [0.5, 0.6) is 0 Å². The van der Waals surface area contributed by atoms with Crippen LogP contribution in [0.15, 0.2) is 67.8 Å². The third kappa shape index (κ3) is 16.1. The predicted molar refractivity (Wildman–Crippen MR) is 347 cm³/mol. The number of amides is 7. The smallest absolute Gasteiger partial charge is 0.870 e. The van der Waals surface area contributed by atoms with Gasteiger partial charge in [-0.15, -0.1) is 0 Å². The molecule has 7 heterocycles.